The molecule has 4 aromatic rings. The van der Waals surface area contributed by atoms with E-state index in [1.54, 1.807) is 23.9 Å². The van der Waals surface area contributed by atoms with Gasteiger partial charge in [-0.15, -0.1) is 11.8 Å². The fourth-order valence-corrected chi connectivity index (χ4v) is 6.89. The number of fused-ring (bicyclic) bond motifs is 1. The molecule has 1 aromatic heterocycles. The second-order valence-electron chi connectivity index (χ2n) is 10.7. The van der Waals surface area contributed by atoms with Crippen molar-refractivity contribution in [3.63, 3.8) is 0 Å². The van der Waals surface area contributed by atoms with Gasteiger partial charge < -0.3 is 14.2 Å². The number of benzene rings is 3. The van der Waals surface area contributed by atoms with Crippen LogP contribution in [0.3, 0.4) is 0 Å². The largest absolute Gasteiger partial charge is 0.469 e. The molecule has 0 atom stereocenters. The summed E-state index contributed by atoms with van der Waals surface area (Å²) in [6.45, 7) is 5.36. The molecule has 1 aliphatic heterocycles. The molecule has 0 spiro atoms. The lowest BCUT2D eigenvalue weighted by molar-refractivity contribution is -0.140. The Kier molecular flexibility index (Phi) is 9.78. The Hall–Kier alpha value is -3.16. The van der Waals surface area contributed by atoms with Crippen LogP contribution in [0.2, 0.25) is 0 Å². The van der Waals surface area contributed by atoms with Crippen LogP contribution in [0.4, 0.5) is 8.78 Å². The number of halogens is 2. The Morgan fingerprint density at radius 1 is 0.976 bits per heavy atom. The molecule has 5 rings (SSSR count). The summed E-state index contributed by atoms with van der Waals surface area (Å²) in [4.78, 5) is 15.2. The zero-order chi connectivity index (χ0) is 28.8. The molecule has 0 amide bonds. The molecule has 2 heterocycles. The Bertz CT molecular complexity index is 1460. The smallest absolute Gasteiger partial charge is 0.305 e. The third-order valence-corrected chi connectivity index (χ3v) is 9.24. The lowest BCUT2D eigenvalue weighted by Crippen LogP contribution is -2.34. The van der Waals surface area contributed by atoms with Gasteiger partial charge in [0, 0.05) is 28.1 Å². The van der Waals surface area contributed by atoms with E-state index in [0.717, 1.165) is 78.1 Å². The Morgan fingerprint density at radius 2 is 1.68 bits per heavy atom. The molecule has 0 radical (unpaired) electrons. The summed E-state index contributed by atoms with van der Waals surface area (Å²) >= 11 is 1.78. The van der Waals surface area contributed by atoms with Crippen molar-refractivity contribution in [2.75, 3.05) is 32.5 Å². The van der Waals surface area contributed by atoms with E-state index in [2.05, 4.69) is 40.7 Å². The van der Waals surface area contributed by atoms with Gasteiger partial charge in [0.25, 0.3) is 0 Å². The molecular formula is C34H38F2N2O2S. The number of methoxy groups -OCH3 is 1. The SMILES string of the molecule is CCc1c(C2CCN(CCCSc3ccc(F)cc3)CC2)c2ccc(F)cc2n1-c1ccc(CCC(=O)OC)cc1. The molecule has 1 saturated heterocycles. The number of ether oxygens (including phenoxy) is 1. The number of carbonyl (C=O) groups is 1. The Balaban J connectivity index is 1.29. The fourth-order valence-electron chi connectivity index (χ4n) is 6.05. The van der Waals surface area contributed by atoms with Gasteiger partial charge in [-0.2, -0.15) is 0 Å². The van der Waals surface area contributed by atoms with E-state index < -0.39 is 0 Å². The summed E-state index contributed by atoms with van der Waals surface area (Å²) in [5, 5.41) is 1.15. The van der Waals surface area contributed by atoms with Crippen molar-refractivity contribution in [3.05, 3.63) is 95.2 Å². The number of aromatic nitrogens is 1. The van der Waals surface area contributed by atoms with E-state index in [1.807, 2.05) is 18.2 Å². The van der Waals surface area contributed by atoms with Crippen molar-refractivity contribution in [1.29, 1.82) is 0 Å². The number of hydrogen-bond acceptors (Lipinski definition) is 4. The van der Waals surface area contributed by atoms with Gasteiger partial charge in [-0.25, -0.2) is 8.78 Å². The average Bonchev–Trinajstić information content (AvgIpc) is 3.32. The second-order valence-corrected chi connectivity index (χ2v) is 11.9. The molecule has 216 valence electrons. The number of hydrogen-bond donors (Lipinski definition) is 0. The number of nitrogens with zero attached hydrogens (tertiary/aromatic N) is 2. The quantitative estimate of drug-likeness (QED) is 0.103. The van der Waals surface area contributed by atoms with E-state index >= 15 is 0 Å². The van der Waals surface area contributed by atoms with Crippen molar-refractivity contribution in [1.82, 2.24) is 9.47 Å². The third kappa shape index (κ3) is 7.02. The predicted molar refractivity (Wildman–Crippen MR) is 163 cm³/mol. The van der Waals surface area contributed by atoms with Crippen LogP contribution >= 0.6 is 11.8 Å². The first kappa shape index (κ1) is 29.3. The first-order valence-corrected chi connectivity index (χ1v) is 15.5. The molecule has 1 aliphatic rings. The van der Waals surface area contributed by atoms with Crippen LogP contribution in [-0.4, -0.2) is 47.9 Å². The lowest BCUT2D eigenvalue weighted by Gasteiger charge is -2.32. The monoisotopic (exact) mass is 576 g/mol. The number of thioether (sulfide) groups is 1. The molecule has 0 aliphatic carbocycles. The number of piperidine rings is 1. The fraction of sp³-hybridized carbons (Fsp3) is 0.382. The van der Waals surface area contributed by atoms with Gasteiger partial charge in [-0.05, 0) is 129 Å². The standard InChI is InChI=1S/C34H38F2N2O2S/c1-3-31-34(25-17-20-37(21-18-25)19-4-22-41-29-13-8-26(35)9-14-29)30-15-10-27(36)23-32(30)38(31)28-11-5-24(6-12-28)7-16-33(39)40-2/h5-6,8-15,23,25H,3-4,7,16-22H2,1-2H3. The number of rotatable bonds is 11. The van der Waals surface area contributed by atoms with Gasteiger partial charge >= 0.3 is 5.97 Å². The van der Waals surface area contributed by atoms with Crippen LogP contribution in [0.25, 0.3) is 16.6 Å². The van der Waals surface area contributed by atoms with Crippen LogP contribution in [0, 0.1) is 11.6 Å². The van der Waals surface area contributed by atoms with Crippen LogP contribution in [0.5, 0.6) is 0 Å². The van der Waals surface area contributed by atoms with E-state index in [9.17, 15) is 13.6 Å². The van der Waals surface area contributed by atoms with Gasteiger partial charge in [0.1, 0.15) is 11.6 Å². The van der Waals surface area contributed by atoms with Gasteiger partial charge in [0.15, 0.2) is 0 Å². The highest BCUT2D eigenvalue weighted by Crippen LogP contribution is 2.40. The third-order valence-electron chi connectivity index (χ3n) is 8.14. The molecular weight excluding hydrogens is 538 g/mol. The maximum absolute atomic E-state index is 14.5. The minimum atomic E-state index is -0.228. The normalized spacial score (nSPS) is 14.5. The van der Waals surface area contributed by atoms with Gasteiger partial charge in [-0.3, -0.25) is 4.79 Å². The minimum absolute atomic E-state index is 0.193. The molecule has 1 fully saturated rings. The summed E-state index contributed by atoms with van der Waals surface area (Å²) in [7, 11) is 1.41. The summed E-state index contributed by atoms with van der Waals surface area (Å²) in [5.41, 5.74) is 5.62. The maximum Gasteiger partial charge on any atom is 0.305 e. The van der Waals surface area contributed by atoms with Crippen LogP contribution in [0.1, 0.15) is 55.3 Å². The molecule has 4 nitrogen and oxygen atoms in total. The predicted octanol–water partition coefficient (Wildman–Crippen LogP) is 7.94. The van der Waals surface area contributed by atoms with Crippen LogP contribution < -0.4 is 0 Å². The maximum atomic E-state index is 14.5. The molecule has 0 saturated carbocycles. The van der Waals surface area contributed by atoms with E-state index in [0.29, 0.717) is 18.8 Å². The average molecular weight is 577 g/mol. The highest BCUT2D eigenvalue weighted by molar-refractivity contribution is 7.99. The Labute approximate surface area is 245 Å². The topological polar surface area (TPSA) is 34.5 Å². The number of esters is 1. The lowest BCUT2D eigenvalue weighted by atomic mass is 9.87. The molecule has 0 bridgehead atoms. The number of likely N-dealkylation sites (tertiary alicyclic amines) is 1. The van der Waals surface area contributed by atoms with Crippen molar-refractivity contribution >= 4 is 28.6 Å². The molecule has 7 heteroatoms. The number of carbonyl (C=O) groups excluding carboxylic acids is 1. The Morgan fingerprint density at radius 3 is 2.37 bits per heavy atom. The minimum Gasteiger partial charge on any atom is -0.469 e. The summed E-state index contributed by atoms with van der Waals surface area (Å²) in [5.74, 6) is 0.819. The van der Waals surface area contributed by atoms with Crippen molar-refractivity contribution in [2.45, 2.75) is 56.3 Å². The van der Waals surface area contributed by atoms with Gasteiger partial charge in [-0.1, -0.05) is 19.1 Å². The summed E-state index contributed by atoms with van der Waals surface area (Å²) in [6.07, 6.45) is 5.10. The van der Waals surface area contributed by atoms with E-state index in [-0.39, 0.29) is 17.6 Å². The summed E-state index contributed by atoms with van der Waals surface area (Å²) < 4.78 is 34.7. The second kappa shape index (κ2) is 13.7. The molecule has 0 N–H and O–H groups in total. The molecule has 41 heavy (non-hydrogen) atoms. The molecule has 3 aromatic carbocycles. The van der Waals surface area contributed by atoms with E-state index in [4.69, 9.17) is 4.74 Å². The number of aryl methyl sites for hydroxylation is 1. The van der Waals surface area contributed by atoms with E-state index in [1.165, 1.54) is 30.5 Å². The zero-order valence-electron chi connectivity index (χ0n) is 23.9. The van der Waals surface area contributed by atoms with Crippen molar-refractivity contribution < 1.29 is 18.3 Å². The first-order valence-electron chi connectivity index (χ1n) is 14.6. The van der Waals surface area contributed by atoms with Crippen LogP contribution in [-0.2, 0) is 22.4 Å². The summed E-state index contributed by atoms with van der Waals surface area (Å²) in [6, 6.07) is 20.2. The zero-order valence-corrected chi connectivity index (χ0v) is 24.7. The highest BCUT2D eigenvalue weighted by atomic mass is 32.2. The van der Waals surface area contributed by atoms with Crippen molar-refractivity contribution in [3.8, 4) is 5.69 Å². The van der Waals surface area contributed by atoms with Gasteiger partial charge in [0.2, 0.25) is 0 Å². The molecule has 0 unspecified atom stereocenters. The van der Waals surface area contributed by atoms with Crippen LogP contribution in [0.15, 0.2) is 71.6 Å². The van der Waals surface area contributed by atoms with Crippen molar-refractivity contribution in [2.24, 2.45) is 0 Å². The van der Waals surface area contributed by atoms with Gasteiger partial charge in [0.05, 0.1) is 12.6 Å². The highest BCUT2D eigenvalue weighted by Gasteiger charge is 2.27. The first-order chi connectivity index (χ1) is 20.0.